The Bertz CT molecular complexity index is 586. The minimum atomic E-state index is 0.0823. The van der Waals surface area contributed by atoms with Gasteiger partial charge in [-0.2, -0.15) is 0 Å². The van der Waals surface area contributed by atoms with Gasteiger partial charge in [-0.1, -0.05) is 29.8 Å². The minimum absolute atomic E-state index is 0.0823. The van der Waals surface area contributed by atoms with Gasteiger partial charge in [0, 0.05) is 11.8 Å². The van der Waals surface area contributed by atoms with Crippen molar-refractivity contribution in [2.45, 2.75) is 26.8 Å². The normalized spacial score (nSPS) is 12.0. The largest absolute Gasteiger partial charge is 0.494 e. The van der Waals surface area contributed by atoms with E-state index in [1.54, 1.807) is 6.20 Å². The average Bonchev–Trinajstić information content (AvgIpc) is 2.44. The van der Waals surface area contributed by atoms with Crippen molar-refractivity contribution < 1.29 is 4.74 Å². The molecule has 0 saturated heterocycles. The molecule has 0 aliphatic rings. The number of pyridine rings is 1. The number of hydrogen-bond donors (Lipinski definition) is 1. The van der Waals surface area contributed by atoms with Gasteiger partial charge in [0.05, 0.1) is 18.3 Å². The van der Waals surface area contributed by atoms with E-state index in [0.717, 1.165) is 22.6 Å². The fraction of sp³-hybridized carbons (Fsp3) is 0.312. The van der Waals surface area contributed by atoms with Gasteiger partial charge < -0.3 is 10.1 Å². The summed E-state index contributed by atoms with van der Waals surface area (Å²) in [6.45, 7) is 6.70. The van der Waals surface area contributed by atoms with Crippen LogP contribution in [0.4, 0.5) is 5.69 Å². The van der Waals surface area contributed by atoms with Crippen molar-refractivity contribution in [3.05, 3.63) is 52.8 Å². The number of rotatable bonds is 5. The van der Waals surface area contributed by atoms with Crippen molar-refractivity contribution in [1.82, 2.24) is 4.98 Å². The molecule has 3 nitrogen and oxygen atoms in total. The Kier molecular flexibility index (Phi) is 4.85. The Labute approximate surface area is 124 Å². The third-order valence-electron chi connectivity index (χ3n) is 3.03. The third kappa shape index (κ3) is 3.42. The highest BCUT2D eigenvalue weighted by atomic mass is 35.5. The second-order valence-corrected chi connectivity index (χ2v) is 5.05. The maximum Gasteiger partial charge on any atom is 0.152 e. The number of halogens is 1. The second-order valence-electron chi connectivity index (χ2n) is 4.69. The first-order valence-electron chi connectivity index (χ1n) is 6.72. The van der Waals surface area contributed by atoms with Crippen LogP contribution in [0, 0.1) is 6.92 Å². The van der Waals surface area contributed by atoms with Crippen LogP contribution < -0.4 is 10.1 Å². The van der Waals surface area contributed by atoms with Gasteiger partial charge in [0.15, 0.2) is 5.15 Å². The standard InChI is InChI=1S/C16H19ClN2O/c1-4-20-15-8-6-5-7-13(15)12(3)19-14-9-11(2)10-18-16(14)17/h5-10,12,19H,4H2,1-3H3. The van der Waals surface area contributed by atoms with E-state index in [1.165, 1.54) is 0 Å². The molecule has 0 saturated carbocycles. The van der Waals surface area contributed by atoms with Crippen LogP contribution in [-0.2, 0) is 0 Å². The SMILES string of the molecule is CCOc1ccccc1C(C)Nc1cc(C)cnc1Cl. The first-order valence-corrected chi connectivity index (χ1v) is 7.10. The molecule has 20 heavy (non-hydrogen) atoms. The van der Waals surface area contributed by atoms with E-state index in [2.05, 4.69) is 23.3 Å². The average molecular weight is 291 g/mol. The van der Waals surface area contributed by atoms with E-state index < -0.39 is 0 Å². The van der Waals surface area contributed by atoms with E-state index in [4.69, 9.17) is 16.3 Å². The van der Waals surface area contributed by atoms with Gasteiger partial charge in [-0.15, -0.1) is 0 Å². The highest BCUT2D eigenvalue weighted by Crippen LogP contribution is 2.30. The van der Waals surface area contributed by atoms with Crippen LogP contribution in [0.1, 0.15) is 31.0 Å². The highest BCUT2D eigenvalue weighted by Gasteiger charge is 2.13. The Morgan fingerprint density at radius 2 is 2.10 bits per heavy atom. The highest BCUT2D eigenvalue weighted by molar-refractivity contribution is 6.31. The first-order chi connectivity index (χ1) is 9.61. The van der Waals surface area contributed by atoms with Crippen molar-refractivity contribution in [3.63, 3.8) is 0 Å². The molecule has 1 heterocycles. The van der Waals surface area contributed by atoms with Crippen molar-refractivity contribution in [2.24, 2.45) is 0 Å². The van der Waals surface area contributed by atoms with Crippen LogP contribution in [0.2, 0.25) is 5.15 Å². The molecule has 0 fully saturated rings. The number of benzene rings is 1. The lowest BCUT2D eigenvalue weighted by Gasteiger charge is -2.19. The lowest BCUT2D eigenvalue weighted by atomic mass is 10.1. The number of aromatic nitrogens is 1. The van der Waals surface area contributed by atoms with Crippen LogP contribution in [0.25, 0.3) is 0 Å². The predicted molar refractivity (Wildman–Crippen MR) is 83.6 cm³/mol. The van der Waals surface area contributed by atoms with Gasteiger partial charge in [-0.05, 0) is 38.5 Å². The van der Waals surface area contributed by atoms with Gasteiger partial charge in [0.25, 0.3) is 0 Å². The zero-order chi connectivity index (χ0) is 14.5. The van der Waals surface area contributed by atoms with Gasteiger partial charge >= 0.3 is 0 Å². The molecular weight excluding hydrogens is 272 g/mol. The first kappa shape index (κ1) is 14.7. The van der Waals surface area contributed by atoms with E-state index in [1.807, 2.05) is 38.1 Å². The van der Waals surface area contributed by atoms with Crippen molar-refractivity contribution in [1.29, 1.82) is 0 Å². The number of hydrogen-bond acceptors (Lipinski definition) is 3. The quantitative estimate of drug-likeness (QED) is 0.816. The zero-order valence-electron chi connectivity index (χ0n) is 12.0. The molecule has 1 aromatic carbocycles. The summed E-state index contributed by atoms with van der Waals surface area (Å²) in [5.41, 5.74) is 3.01. The summed E-state index contributed by atoms with van der Waals surface area (Å²) in [6, 6.07) is 10.1. The molecule has 1 N–H and O–H groups in total. The van der Waals surface area contributed by atoms with E-state index >= 15 is 0 Å². The van der Waals surface area contributed by atoms with E-state index in [9.17, 15) is 0 Å². The van der Waals surface area contributed by atoms with Gasteiger partial charge in [-0.3, -0.25) is 0 Å². The molecule has 106 valence electrons. The third-order valence-corrected chi connectivity index (χ3v) is 3.33. The van der Waals surface area contributed by atoms with Crippen LogP contribution in [0.5, 0.6) is 5.75 Å². The maximum absolute atomic E-state index is 6.12. The minimum Gasteiger partial charge on any atom is -0.494 e. The second kappa shape index (κ2) is 6.62. The fourth-order valence-corrected chi connectivity index (χ4v) is 2.25. The predicted octanol–water partition coefficient (Wildman–Crippen LogP) is 4.62. The number of para-hydroxylation sites is 1. The van der Waals surface area contributed by atoms with Crippen LogP contribution in [0.15, 0.2) is 36.5 Å². The van der Waals surface area contributed by atoms with Gasteiger partial charge in [0.1, 0.15) is 5.75 Å². The molecule has 2 aromatic rings. The fourth-order valence-electron chi connectivity index (χ4n) is 2.09. The topological polar surface area (TPSA) is 34.1 Å². The molecule has 4 heteroatoms. The number of nitrogens with one attached hydrogen (secondary N) is 1. The van der Waals surface area contributed by atoms with Crippen LogP contribution in [0.3, 0.4) is 0 Å². The van der Waals surface area contributed by atoms with Crippen molar-refractivity contribution in [2.75, 3.05) is 11.9 Å². The van der Waals surface area contributed by atoms with Crippen molar-refractivity contribution >= 4 is 17.3 Å². The Hall–Kier alpha value is -1.74. The molecular formula is C16H19ClN2O. The lowest BCUT2D eigenvalue weighted by molar-refractivity contribution is 0.335. The molecule has 0 bridgehead atoms. The molecule has 0 amide bonds. The summed E-state index contributed by atoms with van der Waals surface area (Å²) in [7, 11) is 0. The smallest absolute Gasteiger partial charge is 0.152 e. The summed E-state index contributed by atoms with van der Waals surface area (Å²) >= 11 is 6.12. The van der Waals surface area contributed by atoms with Gasteiger partial charge in [0.2, 0.25) is 0 Å². The Balaban J connectivity index is 2.23. The van der Waals surface area contributed by atoms with Crippen LogP contribution >= 0.6 is 11.6 Å². The zero-order valence-corrected chi connectivity index (χ0v) is 12.7. The number of aryl methyl sites for hydroxylation is 1. The molecule has 0 radical (unpaired) electrons. The monoisotopic (exact) mass is 290 g/mol. The lowest BCUT2D eigenvalue weighted by Crippen LogP contribution is -2.09. The molecule has 1 atom stereocenters. The van der Waals surface area contributed by atoms with Gasteiger partial charge in [-0.25, -0.2) is 4.98 Å². The summed E-state index contributed by atoms with van der Waals surface area (Å²) in [4.78, 5) is 4.16. The Morgan fingerprint density at radius 1 is 1.35 bits per heavy atom. The molecule has 1 aromatic heterocycles. The Morgan fingerprint density at radius 3 is 2.85 bits per heavy atom. The molecule has 0 aliphatic carbocycles. The summed E-state index contributed by atoms with van der Waals surface area (Å²) in [6.07, 6.45) is 1.76. The van der Waals surface area contributed by atoms with E-state index in [0.29, 0.717) is 11.8 Å². The molecule has 2 rings (SSSR count). The number of ether oxygens (including phenoxy) is 1. The molecule has 1 unspecified atom stereocenters. The maximum atomic E-state index is 6.12. The number of anilines is 1. The van der Waals surface area contributed by atoms with Crippen molar-refractivity contribution in [3.8, 4) is 5.75 Å². The molecule has 0 aliphatic heterocycles. The van der Waals surface area contributed by atoms with E-state index in [-0.39, 0.29) is 6.04 Å². The van der Waals surface area contributed by atoms with Crippen LogP contribution in [-0.4, -0.2) is 11.6 Å². The number of nitrogens with zero attached hydrogens (tertiary/aromatic N) is 1. The molecule has 0 spiro atoms. The summed E-state index contributed by atoms with van der Waals surface area (Å²) in [5.74, 6) is 0.895. The summed E-state index contributed by atoms with van der Waals surface area (Å²) < 4.78 is 5.66. The summed E-state index contributed by atoms with van der Waals surface area (Å²) in [5, 5.41) is 3.87.